The Balaban J connectivity index is 2.99. The van der Waals surface area contributed by atoms with Gasteiger partial charge in [0.2, 0.25) is 0 Å². The van der Waals surface area contributed by atoms with Gasteiger partial charge in [-0.3, -0.25) is 10.2 Å². The van der Waals surface area contributed by atoms with E-state index in [2.05, 4.69) is 5.84 Å². The molecular formula is CH3BN2OS. The first-order chi connectivity index (χ1) is 2.81. The summed E-state index contributed by atoms with van der Waals surface area (Å²) in [5.41, 5.74) is 1.81. The molecule has 32 valence electrons. The summed E-state index contributed by atoms with van der Waals surface area (Å²) in [4.78, 5) is 9.78. The summed E-state index contributed by atoms with van der Waals surface area (Å²) in [5, 5.41) is -0.435. The van der Waals surface area contributed by atoms with Gasteiger partial charge in [-0.25, -0.2) is 5.84 Å². The zero-order valence-electron chi connectivity index (χ0n) is 2.97. The van der Waals surface area contributed by atoms with E-state index in [4.69, 9.17) is 7.12 Å². The van der Waals surface area contributed by atoms with Crippen molar-refractivity contribution >= 4 is 24.0 Å². The zero-order valence-corrected chi connectivity index (χ0v) is 3.79. The van der Waals surface area contributed by atoms with Crippen LogP contribution in [0.15, 0.2) is 0 Å². The first kappa shape index (κ1) is 5.84. The van der Waals surface area contributed by atoms with Crippen LogP contribution in [0, 0.1) is 0 Å². The van der Waals surface area contributed by atoms with Gasteiger partial charge in [0.1, 0.15) is 0 Å². The van der Waals surface area contributed by atoms with Crippen molar-refractivity contribution in [2.75, 3.05) is 0 Å². The second-order valence-corrected chi connectivity index (χ2v) is 1.16. The third-order valence-corrected chi connectivity index (χ3v) is 0.557. The predicted octanol–water partition coefficient (Wildman–Crippen LogP) is -0.614. The zero-order chi connectivity index (χ0) is 4.99. The Morgan fingerprint density at radius 3 is 2.50 bits per heavy atom. The Labute approximate surface area is 40.9 Å². The molecule has 1 amide bonds. The van der Waals surface area contributed by atoms with Crippen LogP contribution in [-0.2, 0) is 0 Å². The predicted molar refractivity (Wildman–Crippen MR) is 26.1 cm³/mol. The van der Waals surface area contributed by atoms with Gasteiger partial charge in [0.15, 0.2) is 7.12 Å². The van der Waals surface area contributed by atoms with Crippen molar-refractivity contribution in [3.8, 4) is 0 Å². The molecule has 5 heteroatoms. The SMILES string of the molecule is [B]SC(=O)NN. The molecule has 0 rings (SSSR count). The van der Waals surface area contributed by atoms with Crippen molar-refractivity contribution in [3.05, 3.63) is 0 Å². The van der Waals surface area contributed by atoms with Crippen molar-refractivity contribution in [3.63, 3.8) is 0 Å². The van der Waals surface area contributed by atoms with E-state index in [0.29, 0.717) is 11.6 Å². The van der Waals surface area contributed by atoms with Gasteiger partial charge in [0.25, 0.3) is 5.24 Å². The highest BCUT2D eigenvalue weighted by atomic mass is 32.2. The molecule has 0 saturated carbocycles. The minimum atomic E-state index is -0.435. The Morgan fingerprint density at radius 2 is 2.50 bits per heavy atom. The number of amides is 1. The third kappa shape index (κ3) is 2.11. The van der Waals surface area contributed by atoms with Crippen molar-refractivity contribution in [2.45, 2.75) is 0 Å². The lowest BCUT2D eigenvalue weighted by molar-refractivity contribution is 0.261. The van der Waals surface area contributed by atoms with Crippen LogP contribution in [0.4, 0.5) is 4.79 Å². The van der Waals surface area contributed by atoms with Crippen LogP contribution in [-0.4, -0.2) is 12.4 Å². The van der Waals surface area contributed by atoms with Gasteiger partial charge < -0.3 is 0 Å². The standard InChI is InChI=1S/CH3BN2OS/c2-6-1(5)4-3/h3H2,(H,4,5). The molecule has 0 saturated heterocycles. The number of nitrogens with one attached hydrogen (secondary N) is 1. The largest absolute Gasteiger partial charge is 0.286 e. The molecule has 0 aromatic carbocycles. The van der Waals surface area contributed by atoms with Crippen LogP contribution < -0.4 is 11.3 Å². The van der Waals surface area contributed by atoms with Crippen molar-refractivity contribution in [2.24, 2.45) is 5.84 Å². The highest BCUT2D eigenvalue weighted by Crippen LogP contribution is 1.86. The second kappa shape index (κ2) is 3.05. The lowest BCUT2D eigenvalue weighted by Gasteiger charge is -1.87. The lowest BCUT2D eigenvalue weighted by atomic mass is 10.8. The number of carbonyl (C=O) groups excluding carboxylic acids is 1. The summed E-state index contributed by atoms with van der Waals surface area (Å²) in [6.45, 7) is 0. The van der Waals surface area contributed by atoms with E-state index in [-0.39, 0.29) is 0 Å². The van der Waals surface area contributed by atoms with Crippen molar-refractivity contribution in [1.82, 2.24) is 5.43 Å². The minimum absolute atomic E-state index is 0.435. The van der Waals surface area contributed by atoms with Crippen LogP contribution in [0.2, 0.25) is 0 Å². The summed E-state index contributed by atoms with van der Waals surface area (Å²) in [6, 6.07) is 0. The van der Waals surface area contributed by atoms with E-state index < -0.39 is 5.24 Å². The molecule has 3 N–H and O–H groups in total. The number of carbonyl (C=O) groups is 1. The van der Waals surface area contributed by atoms with Crippen LogP contribution in [0.1, 0.15) is 0 Å². The van der Waals surface area contributed by atoms with E-state index in [9.17, 15) is 4.79 Å². The lowest BCUT2D eigenvalue weighted by Crippen LogP contribution is -2.25. The fourth-order valence-electron chi connectivity index (χ4n) is 0.0340. The van der Waals surface area contributed by atoms with Crippen LogP contribution in [0.25, 0.3) is 0 Å². The summed E-state index contributed by atoms with van der Waals surface area (Å²) < 4.78 is 0. The number of hydrogen-bond donors (Lipinski definition) is 2. The monoisotopic (exact) mass is 102 g/mol. The van der Waals surface area contributed by atoms with Gasteiger partial charge in [0.05, 0.1) is 0 Å². The van der Waals surface area contributed by atoms with Crippen LogP contribution >= 0.6 is 11.6 Å². The van der Waals surface area contributed by atoms with Gasteiger partial charge in [-0.1, -0.05) is 0 Å². The Bertz CT molecular complexity index is 51.5. The molecular weight excluding hydrogens is 98.9 g/mol. The van der Waals surface area contributed by atoms with Gasteiger partial charge in [-0.2, -0.15) is 0 Å². The van der Waals surface area contributed by atoms with Gasteiger partial charge in [-0.05, 0) is 0 Å². The van der Waals surface area contributed by atoms with Crippen LogP contribution in [0.5, 0.6) is 0 Å². The molecule has 2 radical (unpaired) electrons. The Morgan fingerprint density at radius 1 is 2.00 bits per heavy atom. The average Bonchev–Trinajstić information content (AvgIpc) is 1.65. The molecule has 0 unspecified atom stereocenters. The highest BCUT2D eigenvalue weighted by Gasteiger charge is 1.85. The molecule has 0 heterocycles. The van der Waals surface area contributed by atoms with Crippen molar-refractivity contribution < 1.29 is 4.79 Å². The summed E-state index contributed by atoms with van der Waals surface area (Å²) >= 11 is 0.550. The molecule has 0 aliphatic carbocycles. The molecule has 0 aromatic heterocycles. The molecule has 0 aliphatic heterocycles. The number of nitrogens with two attached hydrogens (primary N) is 1. The number of hydrogen-bond acceptors (Lipinski definition) is 3. The number of rotatable bonds is 0. The maximum Gasteiger partial charge on any atom is 0.281 e. The normalized spacial score (nSPS) is 7.50. The summed E-state index contributed by atoms with van der Waals surface area (Å²) in [6.07, 6.45) is 0. The highest BCUT2D eigenvalue weighted by molar-refractivity contribution is 8.31. The molecule has 0 fully saturated rings. The smallest absolute Gasteiger partial charge is 0.281 e. The van der Waals surface area contributed by atoms with Crippen molar-refractivity contribution in [1.29, 1.82) is 0 Å². The van der Waals surface area contributed by atoms with Gasteiger partial charge >= 0.3 is 0 Å². The molecule has 0 aliphatic rings. The maximum absolute atomic E-state index is 9.78. The maximum atomic E-state index is 9.78. The average molecular weight is 102 g/mol. The summed E-state index contributed by atoms with van der Waals surface area (Å²) in [7, 11) is 4.71. The molecule has 0 spiro atoms. The number of hydrazine groups is 1. The second-order valence-electron chi connectivity index (χ2n) is 0.550. The first-order valence-electron chi connectivity index (χ1n) is 1.18. The molecule has 0 atom stereocenters. The molecule has 0 aromatic rings. The van der Waals surface area contributed by atoms with Crippen LogP contribution in [0.3, 0.4) is 0 Å². The van der Waals surface area contributed by atoms with E-state index in [0.717, 1.165) is 0 Å². The molecule has 0 bridgehead atoms. The quantitative estimate of drug-likeness (QED) is 0.185. The van der Waals surface area contributed by atoms with E-state index in [1.54, 1.807) is 0 Å². The van der Waals surface area contributed by atoms with Gasteiger partial charge in [-0.15, -0.1) is 11.6 Å². The first-order valence-corrected chi connectivity index (χ1v) is 2.06. The third-order valence-electron chi connectivity index (χ3n) is 0.225. The van der Waals surface area contributed by atoms with E-state index in [1.165, 1.54) is 0 Å². The minimum Gasteiger partial charge on any atom is -0.286 e. The fourth-order valence-corrected chi connectivity index (χ4v) is 0.102. The Kier molecular flexibility index (Phi) is 2.97. The topological polar surface area (TPSA) is 55.1 Å². The fraction of sp³-hybridized carbons (Fsp3) is 0. The molecule has 3 nitrogen and oxygen atoms in total. The summed E-state index contributed by atoms with van der Waals surface area (Å²) in [5.74, 6) is 4.58. The molecule has 6 heavy (non-hydrogen) atoms. The van der Waals surface area contributed by atoms with Gasteiger partial charge in [0, 0.05) is 0 Å². The van der Waals surface area contributed by atoms with E-state index in [1.807, 2.05) is 5.43 Å². The van der Waals surface area contributed by atoms with E-state index >= 15 is 0 Å². The Hall–Kier alpha value is -0.155.